The normalized spacial score (nSPS) is 21.7. The Morgan fingerprint density at radius 3 is 2.72 bits per heavy atom. The molecular formula is C13H25N3O2. The number of carbonyl (C=O) groups excluding carboxylic acids is 1. The van der Waals surface area contributed by atoms with Gasteiger partial charge in [-0.25, -0.2) is 0 Å². The molecule has 18 heavy (non-hydrogen) atoms. The van der Waals surface area contributed by atoms with E-state index in [1.807, 2.05) is 6.92 Å². The van der Waals surface area contributed by atoms with Crippen LogP contribution in [0.1, 0.15) is 26.7 Å². The molecule has 2 fully saturated rings. The summed E-state index contributed by atoms with van der Waals surface area (Å²) >= 11 is 0. The van der Waals surface area contributed by atoms with Crippen molar-refractivity contribution >= 4 is 5.91 Å². The Hall–Kier alpha value is -0.650. The van der Waals surface area contributed by atoms with Crippen LogP contribution in [0.4, 0.5) is 0 Å². The molecule has 0 aromatic heterocycles. The van der Waals surface area contributed by atoms with Gasteiger partial charge in [0.05, 0.1) is 5.60 Å². The van der Waals surface area contributed by atoms with Crippen molar-refractivity contribution in [3.8, 4) is 0 Å². The lowest BCUT2D eigenvalue weighted by Crippen LogP contribution is -2.59. The van der Waals surface area contributed by atoms with E-state index in [0.29, 0.717) is 0 Å². The van der Waals surface area contributed by atoms with Crippen molar-refractivity contribution in [3.05, 3.63) is 0 Å². The van der Waals surface area contributed by atoms with Crippen LogP contribution in [0, 0.1) is 0 Å². The molecule has 5 nitrogen and oxygen atoms in total. The molecule has 2 N–H and O–H groups in total. The second kappa shape index (κ2) is 5.99. The SMILES string of the molecule is CCN(CCNC(=O)COC1(C)CNC1)C1CC1. The summed E-state index contributed by atoms with van der Waals surface area (Å²) in [7, 11) is 0. The Balaban J connectivity index is 1.54. The number of hydrogen-bond donors (Lipinski definition) is 2. The van der Waals surface area contributed by atoms with E-state index in [1.165, 1.54) is 12.8 Å². The minimum Gasteiger partial charge on any atom is -0.363 e. The first-order chi connectivity index (χ1) is 8.63. The summed E-state index contributed by atoms with van der Waals surface area (Å²) in [4.78, 5) is 14.0. The van der Waals surface area contributed by atoms with E-state index in [0.717, 1.165) is 38.8 Å². The van der Waals surface area contributed by atoms with Gasteiger partial charge in [-0.15, -0.1) is 0 Å². The Morgan fingerprint density at radius 1 is 1.50 bits per heavy atom. The highest BCUT2D eigenvalue weighted by Gasteiger charge is 2.33. The lowest BCUT2D eigenvalue weighted by molar-refractivity contribution is -0.135. The van der Waals surface area contributed by atoms with E-state index in [2.05, 4.69) is 22.5 Å². The summed E-state index contributed by atoms with van der Waals surface area (Å²) in [6, 6.07) is 0.767. The van der Waals surface area contributed by atoms with E-state index >= 15 is 0 Å². The highest BCUT2D eigenvalue weighted by molar-refractivity contribution is 5.77. The first-order valence-corrected chi connectivity index (χ1v) is 6.98. The zero-order valence-corrected chi connectivity index (χ0v) is 11.5. The maximum Gasteiger partial charge on any atom is 0.246 e. The number of nitrogens with zero attached hydrogens (tertiary/aromatic N) is 1. The molecule has 1 aliphatic heterocycles. The van der Waals surface area contributed by atoms with E-state index in [4.69, 9.17) is 4.74 Å². The first-order valence-electron chi connectivity index (χ1n) is 6.98. The molecule has 2 aliphatic rings. The van der Waals surface area contributed by atoms with Crippen LogP contribution >= 0.6 is 0 Å². The van der Waals surface area contributed by atoms with Crippen molar-refractivity contribution < 1.29 is 9.53 Å². The van der Waals surface area contributed by atoms with Gasteiger partial charge < -0.3 is 15.4 Å². The van der Waals surface area contributed by atoms with E-state index < -0.39 is 0 Å². The summed E-state index contributed by atoms with van der Waals surface area (Å²) < 4.78 is 5.58. The minimum atomic E-state index is -0.138. The van der Waals surface area contributed by atoms with Crippen molar-refractivity contribution in [2.75, 3.05) is 39.3 Å². The van der Waals surface area contributed by atoms with Gasteiger partial charge in [0.25, 0.3) is 0 Å². The van der Waals surface area contributed by atoms with Gasteiger partial charge in [-0.1, -0.05) is 6.92 Å². The zero-order chi connectivity index (χ0) is 13.0. The van der Waals surface area contributed by atoms with Gasteiger partial charge in [0.2, 0.25) is 5.91 Å². The molecule has 0 unspecified atom stereocenters. The summed E-state index contributed by atoms with van der Waals surface area (Å²) in [5.41, 5.74) is -0.138. The van der Waals surface area contributed by atoms with Crippen molar-refractivity contribution in [3.63, 3.8) is 0 Å². The third kappa shape index (κ3) is 3.93. The van der Waals surface area contributed by atoms with Crippen molar-refractivity contribution in [1.82, 2.24) is 15.5 Å². The molecule has 1 aliphatic carbocycles. The quantitative estimate of drug-likeness (QED) is 0.639. The first kappa shape index (κ1) is 13.8. The predicted molar refractivity (Wildman–Crippen MR) is 70.5 cm³/mol. The van der Waals surface area contributed by atoms with Crippen LogP contribution in [0.15, 0.2) is 0 Å². The Bertz CT molecular complexity index is 288. The summed E-state index contributed by atoms with van der Waals surface area (Å²) in [5, 5.41) is 6.07. The molecule has 0 radical (unpaired) electrons. The predicted octanol–water partition coefficient (Wildman–Crippen LogP) is -0.0346. The van der Waals surface area contributed by atoms with Gasteiger partial charge in [0, 0.05) is 32.2 Å². The molecule has 0 atom stereocenters. The lowest BCUT2D eigenvalue weighted by atomic mass is 10.0. The highest BCUT2D eigenvalue weighted by Crippen LogP contribution is 2.25. The van der Waals surface area contributed by atoms with Crippen LogP contribution in [-0.2, 0) is 9.53 Å². The van der Waals surface area contributed by atoms with Crippen LogP contribution < -0.4 is 10.6 Å². The molecule has 1 saturated carbocycles. The average molecular weight is 255 g/mol. The van der Waals surface area contributed by atoms with Gasteiger partial charge in [0.1, 0.15) is 6.61 Å². The van der Waals surface area contributed by atoms with E-state index in [-0.39, 0.29) is 18.1 Å². The average Bonchev–Trinajstić information content (AvgIpc) is 3.14. The molecule has 0 bridgehead atoms. The molecule has 0 aromatic carbocycles. The standard InChI is InChI=1S/C13H25N3O2/c1-3-16(11-4-5-11)7-6-15-12(17)8-18-13(2)9-14-10-13/h11,14H,3-10H2,1-2H3,(H,15,17). The molecule has 0 spiro atoms. The van der Waals surface area contributed by atoms with Crippen LogP contribution in [0.25, 0.3) is 0 Å². The minimum absolute atomic E-state index is 0.00465. The molecule has 104 valence electrons. The molecule has 1 amide bonds. The van der Waals surface area contributed by atoms with Gasteiger partial charge in [-0.2, -0.15) is 0 Å². The van der Waals surface area contributed by atoms with Crippen LogP contribution in [-0.4, -0.2) is 61.8 Å². The van der Waals surface area contributed by atoms with Gasteiger partial charge in [-0.05, 0) is 26.3 Å². The number of amides is 1. The number of ether oxygens (including phenoxy) is 1. The Morgan fingerprint density at radius 2 is 2.22 bits per heavy atom. The third-order valence-electron chi connectivity index (χ3n) is 3.74. The van der Waals surface area contributed by atoms with Crippen molar-refractivity contribution in [1.29, 1.82) is 0 Å². The number of nitrogens with one attached hydrogen (secondary N) is 2. The zero-order valence-electron chi connectivity index (χ0n) is 11.5. The van der Waals surface area contributed by atoms with Crippen molar-refractivity contribution in [2.24, 2.45) is 0 Å². The second-order valence-corrected chi connectivity index (χ2v) is 5.55. The maximum atomic E-state index is 11.6. The smallest absolute Gasteiger partial charge is 0.246 e. The van der Waals surface area contributed by atoms with E-state index in [9.17, 15) is 4.79 Å². The maximum absolute atomic E-state index is 11.6. The molecule has 0 aromatic rings. The lowest BCUT2D eigenvalue weighted by Gasteiger charge is -2.38. The highest BCUT2D eigenvalue weighted by atomic mass is 16.5. The fourth-order valence-electron chi connectivity index (χ4n) is 2.25. The van der Waals surface area contributed by atoms with Crippen LogP contribution in [0.2, 0.25) is 0 Å². The monoisotopic (exact) mass is 255 g/mol. The summed E-state index contributed by atoms with van der Waals surface area (Å²) in [6.45, 7) is 8.80. The molecule has 2 rings (SSSR count). The van der Waals surface area contributed by atoms with Crippen molar-refractivity contribution in [2.45, 2.75) is 38.3 Å². The molecular weight excluding hydrogens is 230 g/mol. The van der Waals surface area contributed by atoms with Crippen LogP contribution in [0.3, 0.4) is 0 Å². The summed E-state index contributed by atoms with van der Waals surface area (Å²) in [6.07, 6.45) is 2.63. The molecule has 1 saturated heterocycles. The Labute approximate surface area is 109 Å². The van der Waals surface area contributed by atoms with Gasteiger partial charge in [0.15, 0.2) is 0 Å². The topological polar surface area (TPSA) is 53.6 Å². The second-order valence-electron chi connectivity index (χ2n) is 5.55. The Kier molecular flexibility index (Phi) is 4.59. The number of rotatable bonds is 8. The van der Waals surface area contributed by atoms with Gasteiger partial charge >= 0.3 is 0 Å². The van der Waals surface area contributed by atoms with Crippen LogP contribution in [0.5, 0.6) is 0 Å². The fraction of sp³-hybridized carbons (Fsp3) is 0.923. The number of hydrogen-bond acceptors (Lipinski definition) is 4. The largest absolute Gasteiger partial charge is 0.363 e. The third-order valence-corrected chi connectivity index (χ3v) is 3.74. The fourth-order valence-corrected chi connectivity index (χ4v) is 2.25. The molecule has 5 heteroatoms. The van der Waals surface area contributed by atoms with E-state index in [1.54, 1.807) is 0 Å². The number of likely N-dealkylation sites (N-methyl/N-ethyl adjacent to an activating group) is 1. The number of carbonyl (C=O) groups is 1. The van der Waals surface area contributed by atoms with Gasteiger partial charge in [-0.3, -0.25) is 9.69 Å². The summed E-state index contributed by atoms with van der Waals surface area (Å²) in [5.74, 6) is -0.00465. The molecule has 1 heterocycles.